The van der Waals surface area contributed by atoms with Gasteiger partial charge in [0.05, 0.1) is 6.04 Å². The van der Waals surface area contributed by atoms with Gasteiger partial charge in [-0.1, -0.05) is 0 Å². The summed E-state index contributed by atoms with van der Waals surface area (Å²) in [6, 6.07) is 6.41. The van der Waals surface area contributed by atoms with Crippen molar-refractivity contribution in [3.05, 3.63) is 30.0 Å². The van der Waals surface area contributed by atoms with Gasteiger partial charge in [-0.3, -0.25) is 0 Å². The van der Waals surface area contributed by atoms with Crippen LogP contribution in [0.4, 0.5) is 0 Å². The van der Waals surface area contributed by atoms with Crippen LogP contribution in [-0.4, -0.2) is 41.9 Å². The Bertz CT molecular complexity index is 566. The molecule has 21 heavy (non-hydrogen) atoms. The predicted octanol–water partition coefficient (Wildman–Crippen LogP) is 0.381. The average Bonchev–Trinajstić information content (AvgIpc) is 2.86. The molecule has 1 unspecified atom stereocenters. The molecule has 116 valence electrons. The smallest absolute Gasteiger partial charge is 0.137 e. The molecule has 0 bridgehead atoms. The van der Waals surface area contributed by atoms with Crippen LogP contribution in [0.5, 0.6) is 5.75 Å². The maximum Gasteiger partial charge on any atom is 0.137 e. The van der Waals surface area contributed by atoms with E-state index < -0.39 is 6.10 Å². The quantitative estimate of drug-likeness (QED) is 0.567. The van der Waals surface area contributed by atoms with E-state index in [1.54, 1.807) is 0 Å². The van der Waals surface area contributed by atoms with Gasteiger partial charge in [0.2, 0.25) is 0 Å². The largest absolute Gasteiger partial charge is 0.491 e. The minimum Gasteiger partial charge on any atom is -0.491 e. The molecular formula is C16H26N3O2+. The van der Waals surface area contributed by atoms with Crippen molar-refractivity contribution in [3.8, 4) is 5.75 Å². The molecule has 6 N–H and O–H groups in total. The van der Waals surface area contributed by atoms with Crippen LogP contribution in [0.3, 0.4) is 0 Å². The normalized spacial score (nSPS) is 13.0. The molecule has 0 saturated heterocycles. The standard InChI is InChI=1S/C16H25N3O2/c1-11(2)18-9-13(20)10-21-14-3-4-16-15(7-14)12(5-6-17)8-19-16/h3-4,7-8,11,13,18-20H,5-6,9-10,17H2,1-2H3/p+1. The fourth-order valence-electron chi connectivity index (χ4n) is 2.30. The van der Waals surface area contributed by atoms with E-state index in [0.29, 0.717) is 25.7 Å². The zero-order chi connectivity index (χ0) is 15.2. The van der Waals surface area contributed by atoms with Crippen LogP contribution in [0.15, 0.2) is 24.4 Å². The summed E-state index contributed by atoms with van der Waals surface area (Å²) in [4.78, 5) is 3.23. The first-order valence-corrected chi connectivity index (χ1v) is 7.54. The Balaban J connectivity index is 1.97. The molecule has 0 saturated carbocycles. The molecule has 5 nitrogen and oxygen atoms in total. The highest BCUT2D eigenvalue weighted by Crippen LogP contribution is 2.24. The summed E-state index contributed by atoms with van der Waals surface area (Å²) in [5, 5.41) is 13.1. The van der Waals surface area contributed by atoms with Crippen molar-refractivity contribution in [2.45, 2.75) is 32.4 Å². The first-order chi connectivity index (χ1) is 10.1. The number of H-pyrrole nitrogens is 1. The van der Waals surface area contributed by atoms with E-state index in [2.05, 4.69) is 24.1 Å². The van der Waals surface area contributed by atoms with Gasteiger partial charge in [-0.2, -0.15) is 0 Å². The van der Waals surface area contributed by atoms with Gasteiger partial charge >= 0.3 is 0 Å². The Morgan fingerprint density at radius 2 is 2.19 bits per heavy atom. The third kappa shape index (κ3) is 4.46. The van der Waals surface area contributed by atoms with Crippen LogP contribution in [0.1, 0.15) is 19.4 Å². The van der Waals surface area contributed by atoms with E-state index in [-0.39, 0.29) is 0 Å². The van der Waals surface area contributed by atoms with Gasteiger partial charge < -0.3 is 25.9 Å². The van der Waals surface area contributed by atoms with Crippen molar-refractivity contribution in [2.75, 3.05) is 19.7 Å². The average molecular weight is 292 g/mol. The summed E-state index contributed by atoms with van der Waals surface area (Å²) >= 11 is 0. The maximum atomic E-state index is 9.89. The van der Waals surface area contributed by atoms with E-state index in [9.17, 15) is 5.11 Å². The fraction of sp³-hybridized carbons (Fsp3) is 0.500. The number of benzene rings is 1. The summed E-state index contributed by atoms with van der Waals surface area (Å²) in [6.45, 7) is 5.80. The molecular weight excluding hydrogens is 266 g/mol. The zero-order valence-electron chi connectivity index (χ0n) is 12.8. The summed E-state index contributed by atoms with van der Waals surface area (Å²) in [5.74, 6) is 0.781. The van der Waals surface area contributed by atoms with Crippen molar-refractivity contribution in [1.29, 1.82) is 0 Å². The van der Waals surface area contributed by atoms with Crippen LogP contribution >= 0.6 is 0 Å². The van der Waals surface area contributed by atoms with Crippen LogP contribution in [0, 0.1) is 0 Å². The highest BCUT2D eigenvalue weighted by Gasteiger charge is 2.10. The Kier molecular flexibility index (Phi) is 5.61. The molecule has 2 aromatic rings. The van der Waals surface area contributed by atoms with Crippen LogP contribution in [0.25, 0.3) is 10.9 Å². The number of nitrogens with two attached hydrogens (primary N) is 2. The van der Waals surface area contributed by atoms with Crippen LogP contribution in [0.2, 0.25) is 0 Å². The number of rotatable bonds is 8. The van der Waals surface area contributed by atoms with Crippen molar-refractivity contribution in [2.24, 2.45) is 5.73 Å². The van der Waals surface area contributed by atoms with Gasteiger partial charge in [0, 0.05) is 17.1 Å². The number of aromatic nitrogens is 1. The number of aliphatic hydroxyl groups is 1. The molecule has 1 aromatic carbocycles. The van der Waals surface area contributed by atoms with Gasteiger partial charge in [-0.15, -0.1) is 0 Å². The van der Waals surface area contributed by atoms with Crippen molar-refractivity contribution < 1.29 is 15.2 Å². The second-order valence-electron chi connectivity index (χ2n) is 5.74. The molecule has 2 rings (SSSR count). The minimum atomic E-state index is -0.460. The van der Waals surface area contributed by atoms with Gasteiger partial charge in [0.15, 0.2) is 0 Å². The van der Waals surface area contributed by atoms with E-state index in [1.807, 2.05) is 24.4 Å². The molecule has 1 aromatic heterocycles. The summed E-state index contributed by atoms with van der Waals surface area (Å²) in [6.07, 6.45) is 2.38. The maximum absolute atomic E-state index is 9.89. The lowest BCUT2D eigenvalue weighted by Crippen LogP contribution is -2.90. The van der Waals surface area contributed by atoms with Crippen LogP contribution in [-0.2, 0) is 6.42 Å². The van der Waals surface area contributed by atoms with E-state index in [4.69, 9.17) is 10.5 Å². The third-order valence-electron chi connectivity index (χ3n) is 3.47. The molecule has 0 spiro atoms. The van der Waals surface area contributed by atoms with Gasteiger partial charge in [0.1, 0.15) is 25.0 Å². The Morgan fingerprint density at radius 3 is 2.90 bits per heavy atom. The lowest BCUT2D eigenvalue weighted by atomic mass is 10.1. The molecule has 5 heteroatoms. The number of hydrogen-bond donors (Lipinski definition) is 4. The molecule has 1 heterocycles. The second kappa shape index (κ2) is 7.45. The predicted molar refractivity (Wildman–Crippen MR) is 84.5 cm³/mol. The molecule has 1 atom stereocenters. The lowest BCUT2D eigenvalue weighted by Gasteiger charge is -2.13. The van der Waals surface area contributed by atoms with Gasteiger partial charge in [-0.05, 0) is 50.6 Å². The Hall–Kier alpha value is -1.56. The number of hydrogen-bond acceptors (Lipinski definition) is 3. The SMILES string of the molecule is CC(C)[NH2+]CC(O)COc1ccc2[nH]cc(CCN)c2c1. The van der Waals surface area contributed by atoms with Crippen molar-refractivity contribution >= 4 is 10.9 Å². The van der Waals surface area contributed by atoms with Crippen molar-refractivity contribution in [3.63, 3.8) is 0 Å². The molecule has 0 fully saturated rings. The third-order valence-corrected chi connectivity index (χ3v) is 3.47. The van der Waals surface area contributed by atoms with Gasteiger partial charge in [-0.25, -0.2) is 0 Å². The lowest BCUT2D eigenvalue weighted by molar-refractivity contribution is -0.688. The number of aromatic amines is 1. The summed E-state index contributed by atoms with van der Waals surface area (Å²) in [5.41, 5.74) is 7.91. The fourth-order valence-corrected chi connectivity index (χ4v) is 2.30. The van der Waals surface area contributed by atoms with Gasteiger partial charge in [0.25, 0.3) is 0 Å². The molecule has 0 aliphatic heterocycles. The highest BCUT2D eigenvalue weighted by molar-refractivity contribution is 5.84. The number of fused-ring (bicyclic) bond motifs is 1. The van der Waals surface area contributed by atoms with Crippen LogP contribution < -0.4 is 15.8 Å². The number of quaternary nitrogens is 1. The molecule has 0 aliphatic rings. The molecule has 0 aliphatic carbocycles. The summed E-state index contributed by atoms with van der Waals surface area (Å²) < 4.78 is 5.70. The first-order valence-electron chi connectivity index (χ1n) is 7.54. The van der Waals surface area contributed by atoms with E-state index in [0.717, 1.165) is 23.1 Å². The molecule has 0 radical (unpaired) electrons. The first kappa shape index (κ1) is 15.8. The van der Waals surface area contributed by atoms with E-state index in [1.165, 1.54) is 5.56 Å². The number of aliphatic hydroxyl groups excluding tert-OH is 1. The van der Waals surface area contributed by atoms with E-state index >= 15 is 0 Å². The van der Waals surface area contributed by atoms with Crippen molar-refractivity contribution in [1.82, 2.24) is 4.98 Å². The monoisotopic (exact) mass is 292 g/mol. The minimum absolute atomic E-state index is 0.311. The zero-order valence-corrected chi connectivity index (χ0v) is 12.8. The second-order valence-corrected chi connectivity index (χ2v) is 5.74. The Morgan fingerprint density at radius 1 is 1.38 bits per heavy atom. The topological polar surface area (TPSA) is 87.9 Å². The Labute approximate surface area is 125 Å². The summed E-state index contributed by atoms with van der Waals surface area (Å²) in [7, 11) is 0. The number of nitrogens with one attached hydrogen (secondary N) is 1. The number of ether oxygens (including phenoxy) is 1. The molecule has 0 amide bonds. The highest BCUT2D eigenvalue weighted by atomic mass is 16.5.